The van der Waals surface area contributed by atoms with E-state index in [0.717, 1.165) is 6.42 Å². The third-order valence-electron chi connectivity index (χ3n) is 4.32. The second-order valence-electron chi connectivity index (χ2n) is 6.23. The van der Waals surface area contributed by atoms with E-state index in [4.69, 9.17) is 4.98 Å². The molecule has 2 unspecified atom stereocenters. The molecule has 1 heterocycles. The second-order valence-corrected chi connectivity index (χ2v) is 7.47. The van der Waals surface area contributed by atoms with Crippen LogP contribution >= 0.6 is 11.3 Å². The van der Waals surface area contributed by atoms with Gasteiger partial charge in [0, 0.05) is 10.9 Å². The summed E-state index contributed by atoms with van der Waals surface area (Å²) in [6, 6.07) is 11.9. The van der Waals surface area contributed by atoms with E-state index in [1.165, 1.54) is 34.0 Å². The zero-order valence-corrected chi connectivity index (χ0v) is 13.9. The normalized spacial score (nSPS) is 17.7. The lowest BCUT2D eigenvalue weighted by atomic mass is 9.94. The summed E-state index contributed by atoms with van der Waals surface area (Å²) in [7, 11) is 0. The summed E-state index contributed by atoms with van der Waals surface area (Å²) < 4.78 is 0. The number of thiazole rings is 1. The number of aryl methyl sites for hydroxylation is 2. The second kappa shape index (κ2) is 6.29. The molecule has 2 aromatic rings. The summed E-state index contributed by atoms with van der Waals surface area (Å²) in [5.41, 5.74) is 2.61. The number of aromatic nitrogens is 1. The highest BCUT2D eigenvalue weighted by Crippen LogP contribution is 2.34. The maximum absolute atomic E-state index is 4.79. The average Bonchev–Trinajstić information content (AvgIpc) is 3.24. The van der Waals surface area contributed by atoms with Crippen LogP contribution in [0.1, 0.15) is 59.3 Å². The molecule has 0 spiro atoms. The Bertz CT molecular complexity index is 567. The Morgan fingerprint density at radius 1 is 1.24 bits per heavy atom. The number of nitrogens with one attached hydrogen (secondary N) is 1. The maximum atomic E-state index is 4.79. The van der Waals surface area contributed by atoms with Gasteiger partial charge in [-0.3, -0.25) is 0 Å². The fourth-order valence-electron chi connectivity index (χ4n) is 2.69. The molecule has 2 atom stereocenters. The number of benzene rings is 1. The first-order chi connectivity index (χ1) is 10.1. The van der Waals surface area contributed by atoms with Crippen molar-refractivity contribution in [2.45, 2.75) is 58.0 Å². The monoisotopic (exact) mass is 300 g/mol. The van der Waals surface area contributed by atoms with Crippen LogP contribution in [0.2, 0.25) is 0 Å². The molecule has 1 saturated carbocycles. The highest BCUT2D eigenvalue weighted by molar-refractivity contribution is 7.11. The number of nitrogens with zero attached hydrogens (tertiary/aromatic N) is 1. The molecule has 0 aliphatic heterocycles. The Labute approximate surface area is 131 Å². The van der Waals surface area contributed by atoms with Crippen molar-refractivity contribution >= 4 is 11.3 Å². The van der Waals surface area contributed by atoms with Crippen molar-refractivity contribution in [2.24, 2.45) is 0 Å². The number of rotatable bonds is 6. The molecule has 21 heavy (non-hydrogen) atoms. The SMILES string of the molecule is Cc1nc(C(CC(C)c2ccccc2)NC2CC2)sc1C. The van der Waals surface area contributed by atoms with Gasteiger partial charge in [0.05, 0.1) is 11.7 Å². The highest BCUT2D eigenvalue weighted by Gasteiger charge is 2.28. The van der Waals surface area contributed by atoms with E-state index in [9.17, 15) is 0 Å². The molecule has 1 aliphatic rings. The van der Waals surface area contributed by atoms with Gasteiger partial charge in [0.1, 0.15) is 5.01 Å². The molecular weight excluding hydrogens is 276 g/mol. The first-order valence-corrected chi connectivity index (χ1v) is 8.70. The summed E-state index contributed by atoms with van der Waals surface area (Å²) in [6.07, 6.45) is 3.76. The Morgan fingerprint density at radius 3 is 2.52 bits per heavy atom. The lowest BCUT2D eigenvalue weighted by molar-refractivity contribution is 0.460. The molecule has 1 N–H and O–H groups in total. The van der Waals surface area contributed by atoms with Gasteiger partial charge in [-0.1, -0.05) is 37.3 Å². The van der Waals surface area contributed by atoms with Gasteiger partial charge >= 0.3 is 0 Å². The highest BCUT2D eigenvalue weighted by atomic mass is 32.1. The molecule has 0 amide bonds. The molecule has 2 nitrogen and oxygen atoms in total. The summed E-state index contributed by atoms with van der Waals surface area (Å²) in [5, 5.41) is 5.06. The molecule has 1 fully saturated rings. The van der Waals surface area contributed by atoms with Crippen molar-refractivity contribution in [3.05, 3.63) is 51.5 Å². The molecule has 1 aromatic heterocycles. The Morgan fingerprint density at radius 2 is 1.95 bits per heavy atom. The zero-order chi connectivity index (χ0) is 14.8. The molecule has 1 aromatic carbocycles. The summed E-state index contributed by atoms with van der Waals surface area (Å²) in [6.45, 7) is 6.61. The van der Waals surface area contributed by atoms with E-state index < -0.39 is 0 Å². The molecule has 3 rings (SSSR count). The van der Waals surface area contributed by atoms with Gasteiger partial charge in [0.25, 0.3) is 0 Å². The standard InChI is InChI=1S/C18H24N2S/c1-12(15-7-5-4-6-8-15)11-17(20-16-9-10-16)18-19-13(2)14(3)21-18/h4-8,12,16-17,20H,9-11H2,1-3H3. The molecule has 112 valence electrons. The van der Waals surface area contributed by atoms with Crippen LogP contribution in [0.3, 0.4) is 0 Å². The first-order valence-electron chi connectivity index (χ1n) is 7.88. The zero-order valence-electron chi connectivity index (χ0n) is 13.1. The van der Waals surface area contributed by atoms with Gasteiger partial charge in [-0.05, 0) is 44.6 Å². The Hall–Kier alpha value is -1.19. The number of hydrogen-bond acceptors (Lipinski definition) is 3. The van der Waals surface area contributed by atoms with Gasteiger partial charge in [-0.2, -0.15) is 0 Å². The van der Waals surface area contributed by atoms with Gasteiger partial charge in [0.15, 0.2) is 0 Å². The number of hydrogen-bond donors (Lipinski definition) is 1. The fourth-order valence-corrected chi connectivity index (χ4v) is 3.69. The molecular formula is C18H24N2S. The van der Waals surface area contributed by atoms with Crippen LogP contribution in [0.25, 0.3) is 0 Å². The minimum absolute atomic E-state index is 0.394. The van der Waals surface area contributed by atoms with Crippen molar-refractivity contribution in [3.8, 4) is 0 Å². The predicted octanol–water partition coefficient (Wildman–Crippen LogP) is 4.75. The van der Waals surface area contributed by atoms with Crippen LogP contribution in [0, 0.1) is 13.8 Å². The molecule has 0 radical (unpaired) electrons. The van der Waals surface area contributed by atoms with Gasteiger partial charge in [-0.15, -0.1) is 11.3 Å². The molecule has 0 bridgehead atoms. The van der Waals surface area contributed by atoms with Crippen LogP contribution in [0.4, 0.5) is 0 Å². The third-order valence-corrected chi connectivity index (χ3v) is 5.50. The minimum Gasteiger partial charge on any atom is -0.305 e. The first kappa shape index (κ1) is 14.7. The fraction of sp³-hybridized carbons (Fsp3) is 0.500. The van der Waals surface area contributed by atoms with Crippen LogP contribution in [0.15, 0.2) is 30.3 Å². The maximum Gasteiger partial charge on any atom is 0.110 e. The van der Waals surface area contributed by atoms with Crippen LogP contribution < -0.4 is 5.32 Å². The van der Waals surface area contributed by atoms with E-state index in [0.29, 0.717) is 18.0 Å². The lowest BCUT2D eigenvalue weighted by Crippen LogP contribution is -2.24. The molecule has 0 saturated heterocycles. The largest absolute Gasteiger partial charge is 0.305 e. The topological polar surface area (TPSA) is 24.9 Å². The minimum atomic E-state index is 0.394. The van der Waals surface area contributed by atoms with E-state index in [1.807, 2.05) is 11.3 Å². The molecule has 1 aliphatic carbocycles. The van der Waals surface area contributed by atoms with Crippen molar-refractivity contribution in [3.63, 3.8) is 0 Å². The van der Waals surface area contributed by atoms with E-state index in [-0.39, 0.29) is 0 Å². The van der Waals surface area contributed by atoms with E-state index in [1.54, 1.807) is 0 Å². The van der Waals surface area contributed by atoms with Crippen LogP contribution in [0.5, 0.6) is 0 Å². The molecule has 3 heteroatoms. The van der Waals surface area contributed by atoms with E-state index in [2.05, 4.69) is 56.4 Å². The Balaban J connectivity index is 1.75. The van der Waals surface area contributed by atoms with Gasteiger partial charge < -0.3 is 5.32 Å². The average molecular weight is 300 g/mol. The third kappa shape index (κ3) is 3.72. The van der Waals surface area contributed by atoms with Crippen molar-refractivity contribution in [1.82, 2.24) is 10.3 Å². The predicted molar refractivity (Wildman–Crippen MR) is 90.0 cm³/mol. The smallest absolute Gasteiger partial charge is 0.110 e. The van der Waals surface area contributed by atoms with Crippen molar-refractivity contribution in [1.29, 1.82) is 0 Å². The van der Waals surface area contributed by atoms with Crippen molar-refractivity contribution < 1.29 is 0 Å². The van der Waals surface area contributed by atoms with Crippen LogP contribution in [-0.2, 0) is 0 Å². The van der Waals surface area contributed by atoms with Crippen molar-refractivity contribution in [2.75, 3.05) is 0 Å². The summed E-state index contributed by atoms with van der Waals surface area (Å²) in [4.78, 5) is 6.14. The van der Waals surface area contributed by atoms with Gasteiger partial charge in [-0.25, -0.2) is 4.98 Å². The lowest BCUT2D eigenvalue weighted by Gasteiger charge is -2.21. The summed E-state index contributed by atoms with van der Waals surface area (Å²) in [5.74, 6) is 0.548. The summed E-state index contributed by atoms with van der Waals surface area (Å²) >= 11 is 1.86. The van der Waals surface area contributed by atoms with E-state index >= 15 is 0 Å². The quantitative estimate of drug-likeness (QED) is 0.833. The Kier molecular flexibility index (Phi) is 4.41. The van der Waals surface area contributed by atoms with Crippen LogP contribution in [-0.4, -0.2) is 11.0 Å². The van der Waals surface area contributed by atoms with Gasteiger partial charge in [0.2, 0.25) is 0 Å².